The minimum Gasteiger partial charge on any atom is -0.315 e. The molecule has 2 aromatic rings. The Balaban J connectivity index is 1.79. The predicted molar refractivity (Wildman–Crippen MR) is 91.5 cm³/mol. The molecule has 0 unspecified atom stereocenters. The maximum atomic E-state index is 13.9. The molecule has 1 atom stereocenters. The number of urea groups is 1. The van der Waals surface area contributed by atoms with Crippen molar-refractivity contribution in [3.8, 4) is 0 Å². The van der Waals surface area contributed by atoms with Gasteiger partial charge in [0, 0.05) is 22.9 Å². The first-order chi connectivity index (χ1) is 10.7. The summed E-state index contributed by atoms with van der Waals surface area (Å²) in [4.78, 5) is 15.5. The van der Waals surface area contributed by atoms with Gasteiger partial charge in [-0.05, 0) is 23.6 Å². The van der Waals surface area contributed by atoms with Crippen LogP contribution in [0, 0.1) is 5.82 Å². The van der Waals surface area contributed by atoms with Crippen molar-refractivity contribution in [1.29, 1.82) is 0 Å². The minimum absolute atomic E-state index is 0.00167. The SMILES string of the molecule is O=C(Nc1cccc(Cl)c1F)N1CCSC[C@@H]1c1cccs1. The molecular formula is C15H14ClFN2OS2. The number of hydrogen-bond acceptors (Lipinski definition) is 3. The molecule has 0 saturated carbocycles. The van der Waals surface area contributed by atoms with Crippen molar-refractivity contribution < 1.29 is 9.18 Å². The van der Waals surface area contributed by atoms with E-state index in [0.717, 1.165) is 16.4 Å². The first-order valence-corrected chi connectivity index (χ1v) is 9.21. The van der Waals surface area contributed by atoms with E-state index in [4.69, 9.17) is 11.6 Å². The molecule has 2 heterocycles. The van der Waals surface area contributed by atoms with Crippen LogP contribution < -0.4 is 5.32 Å². The van der Waals surface area contributed by atoms with Crippen LogP contribution >= 0.6 is 34.7 Å². The summed E-state index contributed by atoms with van der Waals surface area (Å²) in [5.41, 5.74) is 0.112. The number of nitrogens with one attached hydrogen (secondary N) is 1. The zero-order valence-corrected chi connectivity index (χ0v) is 14.0. The smallest absolute Gasteiger partial charge is 0.315 e. The van der Waals surface area contributed by atoms with Gasteiger partial charge in [-0.2, -0.15) is 11.8 Å². The van der Waals surface area contributed by atoms with Crippen LogP contribution in [0.25, 0.3) is 0 Å². The van der Waals surface area contributed by atoms with E-state index in [0.29, 0.717) is 6.54 Å². The molecule has 0 aliphatic carbocycles. The van der Waals surface area contributed by atoms with Gasteiger partial charge in [0.1, 0.15) is 0 Å². The summed E-state index contributed by atoms with van der Waals surface area (Å²) >= 11 is 9.21. The van der Waals surface area contributed by atoms with E-state index in [9.17, 15) is 9.18 Å². The summed E-state index contributed by atoms with van der Waals surface area (Å²) in [5.74, 6) is 1.14. The second kappa shape index (κ2) is 6.89. The van der Waals surface area contributed by atoms with Crippen molar-refractivity contribution in [2.45, 2.75) is 6.04 Å². The Morgan fingerprint density at radius 1 is 1.36 bits per heavy atom. The highest BCUT2D eigenvalue weighted by Gasteiger charge is 2.29. The van der Waals surface area contributed by atoms with Gasteiger partial charge in [-0.1, -0.05) is 23.7 Å². The summed E-state index contributed by atoms with van der Waals surface area (Å²) in [7, 11) is 0. The Labute approximate surface area is 141 Å². The van der Waals surface area contributed by atoms with Crippen LogP contribution in [0.15, 0.2) is 35.7 Å². The molecular weight excluding hydrogens is 343 g/mol. The zero-order valence-electron chi connectivity index (χ0n) is 11.6. The number of carbonyl (C=O) groups is 1. The molecule has 22 heavy (non-hydrogen) atoms. The number of amides is 2. The Hall–Kier alpha value is -1.24. The second-order valence-electron chi connectivity index (χ2n) is 4.83. The Bertz CT molecular complexity index is 666. The molecule has 1 N–H and O–H groups in total. The number of thioether (sulfide) groups is 1. The lowest BCUT2D eigenvalue weighted by Crippen LogP contribution is -2.43. The molecule has 0 bridgehead atoms. The summed E-state index contributed by atoms with van der Waals surface area (Å²) in [6, 6.07) is 8.33. The number of thiophene rings is 1. The van der Waals surface area contributed by atoms with Gasteiger partial charge < -0.3 is 10.2 Å². The number of halogens is 2. The van der Waals surface area contributed by atoms with Gasteiger partial charge in [0.25, 0.3) is 0 Å². The van der Waals surface area contributed by atoms with Crippen molar-refractivity contribution in [2.24, 2.45) is 0 Å². The average Bonchev–Trinajstić information content (AvgIpc) is 3.06. The average molecular weight is 357 g/mol. The minimum atomic E-state index is -0.600. The first-order valence-electron chi connectivity index (χ1n) is 6.79. The number of anilines is 1. The standard InChI is InChI=1S/C15H14ClFN2OS2/c16-10-3-1-4-11(14(10)17)18-15(20)19-6-8-21-9-12(19)13-5-2-7-22-13/h1-5,7,12H,6,8-9H2,(H,18,20)/t12-/m1/s1. The second-order valence-corrected chi connectivity index (χ2v) is 7.37. The molecule has 3 rings (SSSR count). The quantitative estimate of drug-likeness (QED) is 0.833. The summed E-state index contributed by atoms with van der Waals surface area (Å²) < 4.78 is 13.9. The molecule has 3 nitrogen and oxygen atoms in total. The Kier molecular flexibility index (Phi) is 4.90. The normalized spacial score (nSPS) is 18.3. The van der Waals surface area contributed by atoms with E-state index in [1.807, 2.05) is 29.3 Å². The third-order valence-electron chi connectivity index (χ3n) is 3.45. The number of hydrogen-bond donors (Lipinski definition) is 1. The van der Waals surface area contributed by atoms with Crippen molar-refractivity contribution >= 4 is 46.4 Å². The highest BCUT2D eigenvalue weighted by molar-refractivity contribution is 7.99. The molecule has 1 fully saturated rings. The maximum Gasteiger partial charge on any atom is 0.322 e. The third kappa shape index (κ3) is 3.24. The Morgan fingerprint density at radius 3 is 3.00 bits per heavy atom. The van der Waals surface area contributed by atoms with Crippen LogP contribution in [0.3, 0.4) is 0 Å². The largest absolute Gasteiger partial charge is 0.322 e. The van der Waals surface area contributed by atoms with E-state index >= 15 is 0 Å². The van der Waals surface area contributed by atoms with Crippen LogP contribution in [0.2, 0.25) is 5.02 Å². The fourth-order valence-electron chi connectivity index (χ4n) is 2.35. The van der Waals surface area contributed by atoms with Crippen molar-refractivity contribution in [1.82, 2.24) is 4.90 Å². The molecule has 7 heteroatoms. The Morgan fingerprint density at radius 2 is 2.23 bits per heavy atom. The predicted octanol–water partition coefficient (Wildman–Crippen LogP) is 4.86. The monoisotopic (exact) mass is 356 g/mol. The topological polar surface area (TPSA) is 32.3 Å². The van der Waals surface area contributed by atoms with Gasteiger partial charge in [0.15, 0.2) is 5.82 Å². The lowest BCUT2D eigenvalue weighted by molar-refractivity contribution is 0.197. The van der Waals surface area contributed by atoms with E-state index in [1.54, 1.807) is 22.3 Å². The fourth-order valence-corrected chi connectivity index (χ4v) is 4.55. The van der Waals surface area contributed by atoms with Gasteiger partial charge >= 0.3 is 6.03 Å². The first kappa shape index (κ1) is 15.6. The molecule has 2 amide bonds. The molecule has 0 radical (unpaired) electrons. The van der Waals surface area contributed by atoms with Gasteiger partial charge in [-0.3, -0.25) is 0 Å². The molecule has 116 valence electrons. The zero-order chi connectivity index (χ0) is 15.5. The summed E-state index contributed by atoms with van der Waals surface area (Å²) in [6.45, 7) is 0.640. The van der Waals surface area contributed by atoms with E-state index in [-0.39, 0.29) is 22.8 Å². The van der Waals surface area contributed by atoms with Gasteiger partial charge in [0.2, 0.25) is 0 Å². The van der Waals surface area contributed by atoms with E-state index in [1.165, 1.54) is 12.1 Å². The van der Waals surface area contributed by atoms with Crippen LogP contribution in [0.5, 0.6) is 0 Å². The molecule has 1 aromatic heterocycles. The lowest BCUT2D eigenvalue weighted by atomic mass is 10.2. The van der Waals surface area contributed by atoms with Crippen molar-refractivity contribution in [3.63, 3.8) is 0 Å². The van der Waals surface area contributed by atoms with Crippen molar-refractivity contribution in [3.05, 3.63) is 51.4 Å². The molecule has 1 aromatic carbocycles. The van der Waals surface area contributed by atoms with Gasteiger partial charge in [-0.25, -0.2) is 9.18 Å². The van der Waals surface area contributed by atoms with Gasteiger partial charge in [-0.15, -0.1) is 11.3 Å². The number of benzene rings is 1. The maximum absolute atomic E-state index is 13.9. The number of carbonyl (C=O) groups excluding carboxylic acids is 1. The highest BCUT2D eigenvalue weighted by atomic mass is 35.5. The highest BCUT2D eigenvalue weighted by Crippen LogP contribution is 2.33. The van der Waals surface area contributed by atoms with E-state index in [2.05, 4.69) is 5.32 Å². The van der Waals surface area contributed by atoms with Gasteiger partial charge in [0.05, 0.1) is 16.8 Å². The molecule has 1 aliphatic heterocycles. The van der Waals surface area contributed by atoms with Crippen molar-refractivity contribution in [2.75, 3.05) is 23.4 Å². The van der Waals surface area contributed by atoms with Crippen LogP contribution in [0.1, 0.15) is 10.9 Å². The van der Waals surface area contributed by atoms with E-state index < -0.39 is 5.82 Å². The summed E-state index contributed by atoms with van der Waals surface area (Å²) in [6.07, 6.45) is 0. The van der Waals surface area contributed by atoms with Crippen LogP contribution in [0.4, 0.5) is 14.9 Å². The lowest BCUT2D eigenvalue weighted by Gasteiger charge is -2.34. The third-order valence-corrected chi connectivity index (χ3v) is 5.74. The molecule has 1 saturated heterocycles. The number of rotatable bonds is 2. The molecule has 0 spiro atoms. The summed E-state index contributed by atoms with van der Waals surface area (Å²) in [5, 5.41) is 4.64. The fraction of sp³-hybridized carbons (Fsp3) is 0.267. The van der Waals surface area contributed by atoms with Crippen LogP contribution in [-0.2, 0) is 0 Å². The van der Waals surface area contributed by atoms with Crippen LogP contribution in [-0.4, -0.2) is 29.0 Å². The molecule has 1 aliphatic rings. The number of nitrogens with zero attached hydrogens (tertiary/aromatic N) is 1.